The van der Waals surface area contributed by atoms with Gasteiger partial charge in [-0.25, -0.2) is 0 Å². The summed E-state index contributed by atoms with van der Waals surface area (Å²) in [5, 5.41) is 7.30. The topological polar surface area (TPSA) is 51.0 Å². The molecule has 0 radical (unpaired) electrons. The van der Waals surface area contributed by atoms with Crippen LogP contribution in [0.2, 0.25) is 0 Å². The summed E-state index contributed by atoms with van der Waals surface area (Å²) in [4.78, 5) is 4.41. The number of rotatable bonds is 4. The van der Waals surface area contributed by atoms with Gasteiger partial charge in [0, 0.05) is 12.1 Å². The van der Waals surface area contributed by atoms with Gasteiger partial charge in [0.05, 0.1) is 0 Å². The van der Waals surface area contributed by atoms with Crippen LogP contribution in [0.15, 0.2) is 28.8 Å². The van der Waals surface area contributed by atoms with Crippen molar-refractivity contribution in [2.24, 2.45) is 5.92 Å². The second-order valence-electron chi connectivity index (χ2n) is 5.67. The molecule has 2 aromatic rings. The standard InChI is InChI=1S/C16H21N3O/c1-12-7-9-14(10-8-12)15-18-16(19-20-15)17-11-13-5-3-2-4-6-13/h7-10,13H,2-6,11H2,1H3,(H,17,19). The van der Waals surface area contributed by atoms with Crippen molar-refractivity contribution in [1.29, 1.82) is 0 Å². The van der Waals surface area contributed by atoms with Crippen LogP contribution in [-0.2, 0) is 0 Å². The van der Waals surface area contributed by atoms with E-state index in [0.717, 1.165) is 18.0 Å². The zero-order valence-corrected chi connectivity index (χ0v) is 11.9. The first kappa shape index (κ1) is 13.2. The van der Waals surface area contributed by atoms with Crippen LogP contribution < -0.4 is 5.32 Å². The Morgan fingerprint density at radius 3 is 2.65 bits per heavy atom. The summed E-state index contributed by atoms with van der Waals surface area (Å²) in [5.74, 6) is 1.94. The van der Waals surface area contributed by atoms with E-state index in [-0.39, 0.29) is 0 Å². The Morgan fingerprint density at radius 2 is 1.90 bits per heavy atom. The van der Waals surface area contributed by atoms with Crippen molar-refractivity contribution >= 4 is 5.95 Å². The van der Waals surface area contributed by atoms with Gasteiger partial charge in [0.15, 0.2) is 0 Å². The summed E-state index contributed by atoms with van der Waals surface area (Å²) in [6.45, 7) is 3.02. The maximum atomic E-state index is 5.31. The number of aromatic nitrogens is 2. The molecule has 4 nitrogen and oxygen atoms in total. The molecule has 1 fully saturated rings. The van der Waals surface area contributed by atoms with E-state index in [1.807, 2.05) is 12.1 Å². The number of hydrogen-bond donors (Lipinski definition) is 1. The van der Waals surface area contributed by atoms with Crippen molar-refractivity contribution < 1.29 is 4.52 Å². The molecule has 0 amide bonds. The lowest BCUT2D eigenvalue weighted by molar-refractivity contribution is 0.372. The molecule has 0 unspecified atom stereocenters. The Hall–Kier alpha value is -1.84. The number of aryl methyl sites for hydroxylation is 1. The van der Waals surface area contributed by atoms with Crippen LogP contribution in [0.3, 0.4) is 0 Å². The van der Waals surface area contributed by atoms with Crippen molar-refractivity contribution in [3.05, 3.63) is 29.8 Å². The minimum Gasteiger partial charge on any atom is -0.351 e. The predicted molar refractivity (Wildman–Crippen MR) is 79.5 cm³/mol. The first-order valence-electron chi connectivity index (χ1n) is 7.46. The molecule has 0 aliphatic heterocycles. The Morgan fingerprint density at radius 1 is 1.15 bits per heavy atom. The third-order valence-electron chi connectivity index (χ3n) is 4.00. The quantitative estimate of drug-likeness (QED) is 0.911. The van der Waals surface area contributed by atoms with Crippen molar-refractivity contribution in [3.63, 3.8) is 0 Å². The van der Waals surface area contributed by atoms with Crippen LogP contribution >= 0.6 is 0 Å². The van der Waals surface area contributed by atoms with Gasteiger partial charge in [-0.1, -0.05) is 37.0 Å². The van der Waals surface area contributed by atoms with Crippen LogP contribution in [-0.4, -0.2) is 16.7 Å². The molecule has 20 heavy (non-hydrogen) atoms. The summed E-state index contributed by atoms with van der Waals surface area (Å²) < 4.78 is 5.31. The molecule has 106 valence electrons. The molecule has 1 aliphatic carbocycles. The van der Waals surface area contributed by atoms with Crippen molar-refractivity contribution in [3.8, 4) is 11.5 Å². The van der Waals surface area contributed by atoms with E-state index >= 15 is 0 Å². The van der Waals surface area contributed by atoms with E-state index in [9.17, 15) is 0 Å². The van der Waals surface area contributed by atoms with Gasteiger partial charge in [-0.2, -0.15) is 4.98 Å². The molecule has 0 atom stereocenters. The molecule has 3 rings (SSSR count). The molecule has 1 heterocycles. The lowest BCUT2D eigenvalue weighted by Crippen LogP contribution is -2.17. The maximum absolute atomic E-state index is 5.31. The summed E-state index contributed by atoms with van der Waals surface area (Å²) >= 11 is 0. The molecule has 0 saturated heterocycles. The van der Waals surface area contributed by atoms with E-state index in [4.69, 9.17) is 4.52 Å². The molecular weight excluding hydrogens is 250 g/mol. The van der Waals surface area contributed by atoms with Gasteiger partial charge in [0.1, 0.15) is 0 Å². The Balaban J connectivity index is 1.60. The summed E-state index contributed by atoms with van der Waals surface area (Å²) in [6, 6.07) is 8.12. The highest BCUT2D eigenvalue weighted by Gasteiger charge is 2.14. The number of anilines is 1. The highest BCUT2D eigenvalue weighted by Crippen LogP contribution is 2.24. The molecular formula is C16H21N3O. The first-order chi connectivity index (χ1) is 9.81. The van der Waals surface area contributed by atoms with Gasteiger partial charge in [-0.05, 0) is 43.0 Å². The fourth-order valence-corrected chi connectivity index (χ4v) is 2.74. The van der Waals surface area contributed by atoms with E-state index in [1.165, 1.54) is 37.7 Å². The van der Waals surface area contributed by atoms with Gasteiger partial charge >= 0.3 is 0 Å². The second kappa shape index (κ2) is 6.07. The monoisotopic (exact) mass is 271 g/mol. The number of nitrogens with zero attached hydrogens (tertiary/aromatic N) is 2. The highest BCUT2D eigenvalue weighted by atomic mass is 16.5. The average molecular weight is 271 g/mol. The van der Waals surface area contributed by atoms with Crippen LogP contribution in [0, 0.1) is 12.8 Å². The summed E-state index contributed by atoms with van der Waals surface area (Å²) in [6.07, 6.45) is 6.72. The van der Waals surface area contributed by atoms with Gasteiger partial charge in [0.25, 0.3) is 11.8 Å². The highest BCUT2D eigenvalue weighted by molar-refractivity contribution is 5.54. The smallest absolute Gasteiger partial charge is 0.263 e. The molecule has 1 N–H and O–H groups in total. The van der Waals surface area contributed by atoms with Gasteiger partial charge < -0.3 is 9.84 Å². The zero-order valence-electron chi connectivity index (χ0n) is 11.9. The molecule has 0 spiro atoms. The number of nitrogens with one attached hydrogen (secondary N) is 1. The minimum absolute atomic E-state index is 0.580. The Bertz CT molecular complexity index is 541. The third kappa shape index (κ3) is 3.18. The van der Waals surface area contributed by atoms with Crippen LogP contribution in [0.25, 0.3) is 11.5 Å². The van der Waals surface area contributed by atoms with Crippen LogP contribution in [0.5, 0.6) is 0 Å². The minimum atomic E-state index is 0.580. The van der Waals surface area contributed by atoms with Gasteiger partial charge in [-0.3, -0.25) is 0 Å². The third-order valence-corrected chi connectivity index (χ3v) is 4.00. The molecule has 0 bridgehead atoms. The fourth-order valence-electron chi connectivity index (χ4n) is 2.74. The first-order valence-corrected chi connectivity index (χ1v) is 7.46. The zero-order chi connectivity index (χ0) is 13.8. The summed E-state index contributed by atoms with van der Waals surface area (Å²) in [7, 11) is 0. The van der Waals surface area contributed by atoms with Crippen molar-refractivity contribution in [1.82, 2.24) is 10.1 Å². The molecule has 1 aromatic carbocycles. The lowest BCUT2D eigenvalue weighted by Gasteiger charge is -2.21. The lowest BCUT2D eigenvalue weighted by atomic mass is 9.89. The molecule has 1 saturated carbocycles. The van der Waals surface area contributed by atoms with Crippen LogP contribution in [0.1, 0.15) is 37.7 Å². The summed E-state index contributed by atoms with van der Waals surface area (Å²) in [5.41, 5.74) is 2.19. The fraction of sp³-hybridized carbons (Fsp3) is 0.500. The van der Waals surface area contributed by atoms with Crippen LogP contribution in [0.4, 0.5) is 5.95 Å². The van der Waals surface area contributed by atoms with Gasteiger partial charge in [-0.15, -0.1) is 0 Å². The maximum Gasteiger partial charge on any atom is 0.263 e. The van der Waals surface area contributed by atoms with E-state index in [0.29, 0.717) is 11.8 Å². The number of benzene rings is 1. The van der Waals surface area contributed by atoms with Crippen molar-refractivity contribution in [2.75, 3.05) is 11.9 Å². The predicted octanol–water partition coefficient (Wildman–Crippen LogP) is 4.04. The van der Waals surface area contributed by atoms with Crippen molar-refractivity contribution in [2.45, 2.75) is 39.0 Å². The normalized spacial score (nSPS) is 16.2. The molecule has 1 aromatic heterocycles. The van der Waals surface area contributed by atoms with E-state index in [1.54, 1.807) is 0 Å². The average Bonchev–Trinajstić information content (AvgIpc) is 2.96. The largest absolute Gasteiger partial charge is 0.351 e. The second-order valence-corrected chi connectivity index (χ2v) is 5.67. The Kier molecular flexibility index (Phi) is 4.00. The van der Waals surface area contributed by atoms with Gasteiger partial charge in [0.2, 0.25) is 0 Å². The van der Waals surface area contributed by atoms with E-state index in [2.05, 4.69) is 34.5 Å². The number of hydrogen-bond acceptors (Lipinski definition) is 4. The molecule has 4 heteroatoms. The van der Waals surface area contributed by atoms with E-state index < -0.39 is 0 Å². The Labute approximate surface area is 119 Å². The SMILES string of the molecule is Cc1ccc(-c2nc(NCC3CCCCC3)no2)cc1. The molecule has 1 aliphatic rings.